The zero-order chi connectivity index (χ0) is 20.4. The Labute approximate surface area is 166 Å². The van der Waals surface area contributed by atoms with Crippen molar-refractivity contribution < 1.29 is 18.0 Å². The van der Waals surface area contributed by atoms with Crippen molar-refractivity contribution in [1.82, 2.24) is 4.98 Å². The summed E-state index contributed by atoms with van der Waals surface area (Å²) in [6.45, 7) is 1.50. The van der Waals surface area contributed by atoms with E-state index in [-0.39, 0.29) is 11.4 Å². The molecule has 1 aliphatic rings. The van der Waals surface area contributed by atoms with E-state index in [0.717, 1.165) is 24.7 Å². The number of nitrogens with one attached hydrogen (secondary N) is 1. The number of nitrogens with zero attached hydrogens (tertiary/aromatic N) is 2. The average Bonchev–Trinajstić information content (AvgIpc) is 2.73. The van der Waals surface area contributed by atoms with Crippen LogP contribution in [0.4, 0.5) is 24.5 Å². The van der Waals surface area contributed by atoms with Crippen LogP contribution in [0.1, 0.15) is 27.2 Å². The van der Waals surface area contributed by atoms with E-state index < -0.39 is 17.6 Å². The number of benzene rings is 2. The molecule has 0 unspecified atom stereocenters. The highest BCUT2D eigenvalue weighted by Crippen LogP contribution is 2.34. The molecule has 0 atom stereocenters. The number of alkyl halides is 3. The molecular formula is C22H18F3N3O. The molecule has 1 aliphatic heterocycles. The molecule has 29 heavy (non-hydrogen) atoms. The van der Waals surface area contributed by atoms with Gasteiger partial charge in [-0.05, 0) is 41.8 Å². The molecule has 7 heteroatoms. The van der Waals surface area contributed by atoms with Gasteiger partial charge >= 0.3 is 6.18 Å². The molecule has 2 aromatic carbocycles. The highest BCUT2D eigenvalue weighted by Gasteiger charge is 2.33. The highest BCUT2D eigenvalue weighted by molar-refractivity contribution is 6.03. The lowest BCUT2D eigenvalue weighted by molar-refractivity contribution is -0.136. The number of amides is 1. The molecule has 0 radical (unpaired) electrons. The standard InChI is InChI=1S/C22H18F3N3O/c23-22(24,25)18-7-3-4-8-19(18)27-21(29)20-13-17(9-11-26-20)28-12-10-15-5-1-2-6-16(15)14-28/h1-9,11,13H,10,12,14H2,(H,27,29). The van der Waals surface area contributed by atoms with Gasteiger partial charge in [-0.3, -0.25) is 9.78 Å². The number of hydrogen-bond donors (Lipinski definition) is 1. The fourth-order valence-corrected chi connectivity index (χ4v) is 3.48. The topological polar surface area (TPSA) is 45.2 Å². The maximum Gasteiger partial charge on any atom is 0.418 e. The Balaban J connectivity index is 1.55. The third-order valence-electron chi connectivity index (χ3n) is 4.95. The van der Waals surface area contributed by atoms with Gasteiger partial charge < -0.3 is 10.2 Å². The molecule has 2 heterocycles. The number of rotatable bonds is 3. The summed E-state index contributed by atoms with van der Waals surface area (Å²) in [6, 6.07) is 16.5. The number of aromatic nitrogens is 1. The van der Waals surface area contributed by atoms with Gasteiger partial charge in [0.2, 0.25) is 0 Å². The van der Waals surface area contributed by atoms with Gasteiger partial charge in [0.05, 0.1) is 11.3 Å². The second-order valence-electron chi connectivity index (χ2n) is 6.84. The number of carbonyl (C=O) groups is 1. The molecule has 1 aromatic heterocycles. The zero-order valence-corrected chi connectivity index (χ0v) is 15.4. The van der Waals surface area contributed by atoms with Crippen LogP contribution < -0.4 is 10.2 Å². The van der Waals surface area contributed by atoms with Crippen molar-refractivity contribution in [3.63, 3.8) is 0 Å². The summed E-state index contributed by atoms with van der Waals surface area (Å²) in [7, 11) is 0. The number of hydrogen-bond acceptors (Lipinski definition) is 3. The Bertz CT molecular complexity index is 1050. The molecule has 0 fully saturated rings. The summed E-state index contributed by atoms with van der Waals surface area (Å²) in [5.74, 6) is -0.680. The first kappa shape index (κ1) is 19.0. The number of carbonyl (C=O) groups excluding carboxylic acids is 1. The zero-order valence-electron chi connectivity index (χ0n) is 15.4. The van der Waals surface area contributed by atoms with Gasteiger partial charge in [0, 0.05) is 25.0 Å². The van der Waals surface area contributed by atoms with Gasteiger partial charge in [0.25, 0.3) is 5.91 Å². The Kier molecular flexibility index (Phi) is 4.96. The summed E-state index contributed by atoms with van der Waals surface area (Å²) in [5, 5.41) is 2.34. The fourth-order valence-electron chi connectivity index (χ4n) is 3.48. The van der Waals surface area contributed by atoms with Crippen molar-refractivity contribution in [1.29, 1.82) is 0 Å². The summed E-state index contributed by atoms with van der Waals surface area (Å²) in [5.41, 5.74) is 2.23. The second kappa shape index (κ2) is 7.58. The van der Waals surface area contributed by atoms with E-state index >= 15 is 0 Å². The predicted octanol–water partition coefficient (Wildman–Crippen LogP) is 4.92. The van der Waals surface area contributed by atoms with Gasteiger partial charge in [0.15, 0.2) is 0 Å². The van der Waals surface area contributed by atoms with Crippen LogP contribution in [0.2, 0.25) is 0 Å². The van der Waals surface area contributed by atoms with Crippen LogP contribution in [-0.2, 0) is 19.1 Å². The van der Waals surface area contributed by atoms with E-state index in [1.807, 2.05) is 12.1 Å². The normalized spacial score (nSPS) is 13.7. The van der Waals surface area contributed by atoms with Crippen molar-refractivity contribution in [2.75, 3.05) is 16.8 Å². The van der Waals surface area contributed by atoms with Gasteiger partial charge in [-0.2, -0.15) is 13.2 Å². The summed E-state index contributed by atoms with van der Waals surface area (Å²) in [6.07, 6.45) is -2.17. The Morgan fingerprint density at radius 1 is 1.00 bits per heavy atom. The van der Waals surface area contributed by atoms with Crippen molar-refractivity contribution in [3.05, 3.63) is 89.2 Å². The van der Waals surface area contributed by atoms with E-state index in [1.54, 1.807) is 12.1 Å². The van der Waals surface area contributed by atoms with Crippen molar-refractivity contribution in [3.8, 4) is 0 Å². The second-order valence-corrected chi connectivity index (χ2v) is 6.84. The first-order chi connectivity index (χ1) is 13.9. The van der Waals surface area contributed by atoms with Crippen LogP contribution in [0.3, 0.4) is 0 Å². The lowest BCUT2D eigenvalue weighted by Crippen LogP contribution is -2.30. The lowest BCUT2D eigenvalue weighted by atomic mass is 9.99. The Morgan fingerprint density at radius 2 is 1.72 bits per heavy atom. The van der Waals surface area contributed by atoms with Gasteiger partial charge in [-0.15, -0.1) is 0 Å². The summed E-state index contributed by atoms with van der Waals surface area (Å²) >= 11 is 0. The van der Waals surface area contributed by atoms with Gasteiger partial charge in [-0.25, -0.2) is 0 Å². The molecule has 0 aliphatic carbocycles. The third kappa shape index (κ3) is 4.08. The minimum absolute atomic E-state index is 0.0679. The number of halogens is 3. The maximum absolute atomic E-state index is 13.2. The van der Waals surface area contributed by atoms with Crippen molar-refractivity contribution in [2.45, 2.75) is 19.1 Å². The van der Waals surface area contributed by atoms with Crippen LogP contribution in [-0.4, -0.2) is 17.4 Å². The van der Waals surface area contributed by atoms with E-state index in [4.69, 9.17) is 0 Å². The van der Waals surface area contributed by atoms with E-state index in [1.165, 1.54) is 35.5 Å². The molecule has 4 rings (SSSR count). The first-order valence-corrected chi connectivity index (χ1v) is 9.17. The van der Waals surface area contributed by atoms with E-state index in [2.05, 4.69) is 27.3 Å². The number of para-hydroxylation sites is 1. The molecular weight excluding hydrogens is 379 g/mol. The molecule has 1 amide bonds. The monoisotopic (exact) mass is 397 g/mol. The van der Waals surface area contributed by atoms with Crippen molar-refractivity contribution >= 4 is 17.3 Å². The lowest BCUT2D eigenvalue weighted by Gasteiger charge is -2.30. The number of pyridine rings is 1. The van der Waals surface area contributed by atoms with Crippen LogP contribution >= 0.6 is 0 Å². The van der Waals surface area contributed by atoms with Crippen LogP contribution in [0.25, 0.3) is 0 Å². The molecule has 0 saturated carbocycles. The number of fused-ring (bicyclic) bond motifs is 1. The Morgan fingerprint density at radius 3 is 2.52 bits per heavy atom. The van der Waals surface area contributed by atoms with E-state index in [9.17, 15) is 18.0 Å². The molecule has 0 spiro atoms. The third-order valence-corrected chi connectivity index (χ3v) is 4.95. The largest absolute Gasteiger partial charge is 0.418 e. The van der Waals surface area contributed by atoms with Crippen molar-refractivity contribution in [2.24, 2.45) is 0 Å². The van der Waals surface area contributed by atoms with Crippen LogP contribution in [0, 0.1) is 0 Å². The smallest absolute Gasteiger partial charge is 0.367 e. The van der Waals surface area contributed by atoms with E-state index in [0.29, 0.717) is 6.54 Å². The quantitative estimate of drug-likeness (QED) is 0.683. The molecule has 4 nitrogen and oxygen atoms in total. The SMILES string of the molecule is O=C(Nc1ccccc1C(F)(F)F)c1cc(N2CCc3ccccc3C2)ccn1. The molecule has 0 saturated heterocycles. The summed E-state index contributed by atoms with van der Waals surface area (Å²) in [4.78, 5) is 18.7. The first-order valence-electron chi connectivity index (χ1n) is 9.17. The highest BCUT2D eigenvalue weighted by atomic mass is 19.4. The van der Waals surface area contributed by atoms with Crippen LogP contribution in [0.15, 0.2) is 66.9 Å². The summed E-state index contributed by atoms with van der Waals surface area (Å²) < 4.78 is 39.5. The molecule has 3 aromatic rings. The maximum atomic E-state index is 13.2. The van der Waals surface area contributed by atoms with Gasteiger partial charge in [-0.1, -0.05) is 36.4 Å². The Hall–Kier alpha value is -3.35. The number of anilines is 2. The van der Waals surface area contributed by atoms with Gasteiger partial charge in [0.1, 0.15) is 5.69 Å². The minimum atomic E-state index is -4.56. The molecule has 148 valence electrons. The fraction of sp³-hybridized carbons (Fsp3) is 0.182. The van der Waals surface area contributed by atoms with Crippen LogP contribution in [0.5, 0.6) is 0 Å². The molecule has 1 N–H and O–H groups in total. The molecule has 0 bridgehead atoms. The average molecular weight is 397 g/mol. The predicted molar refractivity (Wildman–Crippen MR) is 105 cm³/mol. The minimum Gasteiger partial charge on any atom is -0.367 e.